The van der Waals surface area contributed by atoms with Crippen LogP contribution in [0.25, 0.3) is 0 Å². The van der Waals surface area contributed by atoms with Gasteiger partial charge in [-0.3, -0.25) is 19.4 Å². The first-order valence-corrected chi connectivity index (χ1v) is 14.8. The second-order valence-corrected chi connectivity index (χ2v) is 10.6. The van der Waals surface area contributed by atoms with Crippen LogP contribution < -0.4 is 15.5 Å². The van der Waals surface area contributed by atoms with Crippen LogP contribution in [0.5, 0.6) is 0 Å². The summed E-state index contributed by atoms with van der Waals surface area (Å²) in [6.45, 7) is 8.57. The molecule has 2 aromatic carbocycles. The lowest BCUT2D eigenvalue weighted by molar-refractivity contribution is -0.130. The number of anilines is 1. The number of hydrogen-bond acceptors (Lipinski definition) is 7. The molecule has 214 valence electrons. The van der Waals surface area contributed by atoms with E-state index in [4.69, 9.17) is 4.99 Å². The van der Waals surface area contributed by atoms with Gasteiger partial charge in [0.15, 0.2) is 0 Å². The molecule has 2 N–H and O–H groups in total. The van der Waals surface area contributed by atoms with Crippen molar-refractivity contribution < 1.29 is 14.4 Å². The number of pyridine rings is 1. The number of aromatic nitrogens is 1. The number of aliphatic imine (C=N–C) groups is 1. The predicted molar refractivity (Wildman–Crippen MR) is 163 cm³/mol. The van der Waals surface area contributed by atoms with Gasteiger partial charge >= 0.3 is 0 Å². The minimum absolute atomic E-state index is 0.167. The van der Waals surface area contributed by atoms with Crippen molar-refractivity contribution in [2.75, 3.05) is 36.8 Å². The van der Waals surface area contributed by atoms with Gasteiger partial charge in [0, 0.05) is 29.7 Å². The van der Waals surface area contributed by atoms with Crippen LogP contribution in [-0.4, -0.2) is 77.5 Å². The minimum atomic E-state index is -1.19. The van der Waals surface area contributed by atoms with Gasteiger partial charge in [-0.25, -0.2) is 4.99 Å². The molecule has 0 saturated heterocycles. The molecule has 10 heteroatoms. The number of thioether (sulfide) groups is 1. The van der Waals surface area contributed by atoms with Gasteiger partial charge < -0.3 is 20.4 Å². The molecule has 0 spiro atoms. The highest BCUT2D eigenvalue weighted by Gasteiger charge is 2.34. The Kier molecular flexibility index (Phi) is 10.6. The Morgan fingerprint density at radius 3 is 2.41 bits per heavy atom. The number of benzodiazepines with no additional fused rings is 1. The fourth-order valence-electron chi connectivity index (χ4n) is 4.52. The summed E-state index contributed by atoms with van der Waals surface area (Å²) in [5.41, 5.74) is 2.58. The molecule has 3 amide bonds. The van der Waals surface area contributed by atoms with Crippen molar-refractivity contribution in [2.45, 2.75) is 37.9 Å². The highest BCUT2D eigenvalue weighted by Crippen LogP contribution is 2.27. The van der Waals surface area contributed by atoms with E-state index in [9.17, 15) is 14.4 Å². The summed E-state index contributed by atoms with van der Waals surface area (Å²) in [6, 6.07) is 21.8. The number of benzene rings is 2. The molecular weight excluding hydrogens is 536 g/mol. The van der Waals surface area contributed by atoms with Crippen LogP contribution in [-0.2, 0) is 14.4 Å². The van der Waals surface area contributed by atoms with E-state index < -0.39 is 18.1 Å². The Bertz CT molecular complexity index is 1360. The van der Waals surface area contributed by atoms with Gasteiger partial charge in [-0.1, -0.05) is 56.3 Å². The number of nitrogens with one attached hydrogen (secondary N) is 2. The van der Waals surface area contributed by atoms with Crippen LogP contribution in [0.3, 0.4) is 0 Å². The lowest BCUT2D eigenvalue weighted by Crippen LogP contribution is -2.53. The van der Waals surface area contributed by atoms with Crippen molar-refractivity contribution in [3.05, 3.63) is 90.3 Å². The molecule has 2 heterocycles. The van der Waals surface area contributed by atoms with Crippen molar-refractivity contribution in [3.8, 4) is 0 Å². The second kappa shape index (κ2) is 14.6. The predicted octanol–water partition coefficient (Wildman–Crippen LogP) is 3.35. The van der Waals surface area contributed by atoms with Gasteiger partial charge in [-0.2, -0.15) is 0 Å². The van der Waals surface area contributed by atoms with Crippen molar-refractivity contribution in [2.24, 2.45) is 4.99 Å². The third-order valence-electron chi connectivity index (χ3n) is 6.81. The fraction of sp³-hybridized carbons (Fsp3) is 0.323. The van der Waals surface area contributed by atoms with Crippen LogP contribution in [0.4, 0.5) is 5.69 Å². The third-order valence-corrected chi connectivity index (χ3v) is 7.82. The van der Waals surface area contributed by atoms with E-state index in [2.05, 4.69) is 34.4 Å². The van der Waals surface area contributed by atoms with Gasteiger partial charge in [0.1, 0.15) is 6.04 Å². The maximum absolute atomic E-state index is 14.0. The van der Waals surface area contributed by atoms with E-state index >= 15 is 0 Å². The number of hydrogen-bond donors (Lipinski definition) is 2. The monoisotopic (exact) mass is 572 g/mol. The number of rotatable bonds is 12. The first kappa shape index (κ1) is 30.0. The van der Waals surface area contributed by atoms with Gasteiger partial charge in [0.05, 0.1) is 22.8 Å². The Morgan fingerprint density at radius 2 is 1.71 bits per heavy atom. The van der Waals surface area contributed by atoms with E-state index in [-0.39, 0.29) is 17.6 Å². The summed E-state index contributed by atoms with van der Waals surface area (Å²) < 4.78 is 0. The highest BCUT2D eigenvalue weighted by molar-refractivity contribution is 8.00. The van der Waals surface area contributed by atoms with E-state index in [1.807, 2.05) is 72.8 Å². The summed E-state index contributed by atoms with van der Waals surface area (Å²) in [5, 5.41) is 5.52. The lowest BCUT2D eigenvalue weighted by Gasteiger charge is -2.28. The molecule has 0 aliphatic carbocycles. The smallest absolute Gasteiger partial charge is 0.272 e. The molecule has 1 aliphatic heterocycles. The molecule has 4 rings (SSSR count). The summed E-state index contributed by atoms with van der Waals surface area (Å²) in [4.78, 5) is 54.0. The number of carbonyl (C=O) groups is 3. The summed E-state index contributed by atoms with van der Waals surface area (Å²) >= 11 is 1.39. The molecule has 0 saturated carbocycles. The highest BCUT2D eigenvalue weighted by atomic mass is 32.2. The first-order valence-electron chi connectivity index (χ1n) is 13.8. The largest absolute Gasteiger partial charge is 0.344 e. The molecule has 9 nitrogen and oxygen atoms in total. The summed E-state index contributed by atoms with van der Waals surface area (Å²) in [6.07, 6.45) is 0.478. The summed E-state index contributed by atoms with van der Waals surface area (Å²) in [5.74, 6) is -0.956. The normalized spacial score (nSPS) is 15.5. The number of carbonyl (C=O) groups excluding carboxylic acids is 3. The number of amides is 3. The Morgan fingerprint density at radius 1 is 1.00 bits per heavy atom. The third kappa shape index (κ3) is 7.80. The maximum atomic E-state index is 14.0. The van der Waals surface area contributed by atoms with Gasteiger partial charge in [0.2, 0.25) is 18.0 Å². The van der Waals surface area contributed by atoms with E-state index in [0.717, 1.165) is 23.5 Å². The molecule has 1 aliphatic rings. The maximum Gasteiger partial charge on any atom is 0.272 e. The molecule has 0 fully saturated rings. The van der Waals surface area contributed by atoms with Crippen molar-refractivity contribution in [1.29, 1.82) is 0 Å². The van der Waals surface area contributed by atoms with E-state index in [0.29, 0.717) is 30.2 Å². The second-order valence-electron chi connectivity index (χ2n) is 9.53. The Hall–Kier alpha value is -4.02. The van der Waals surface area contributed by atoms with Crippen LogP contribution in [0.15, 0.2) is 88.9 Å². The molecule has 41 heavy (non-hydrogen) atoms. The average molecular weight is 573 g/mol. The SMILES string of the molecule is CCN(CC)CCN1C(=O)C(NC(=O)[C@H](C)NC(=O)CSc2ccccc2)N=C(c2ccccn2)c2ccccc21. The number of likely N-dealkylation sites (N-methyl/N-ethyl adjacent to an activating group) is 1. The van der Waals surface area contributed by atoms with Crippen molar-refractivity contribution in [3.63, 3.8) is 0 Å². The number of nitrogens with zero attached hydrogens (tertiary/aromatic N) is 4. The van der Waals surface area contributed by atoms with Gasteiger partial charge in [-0.05, 0) is 50.3 Å². The molecular formula is C31H36N6O3S. The standard InChI is InChI=1S/C31H36N6O3S/c1-4-36(5-2)19-20-37-26-17-10-9-15-24(26)28(25-16-11-12-18-32-25)34-29(31(37)40)35-30(39)22(3)33-27(38)21-41-23-13-7-6-8-14-23/h6-18,22,29H,4-5,19-21H2,1-3H3,(H,33,38)(H,35,39)/t22-,29?/m0/s1. The molecule has 1 unspecified atom stereocenters. The van der Waals surface area contributed by atoms with Gasteiger partial charge in [0.25, 0.3) is 5.91 Å². The molecule has 0 radical (unpaired) electrons. The van der Waals surface area contributed by atoms with Crippen molar-refractivity contribution in [1.82, 2.24) is 20.5 Å². The number of para-hydroxylation sites is 1. The van der Waals surface area contributed by atoms with Crippen LogP contribution in [0, 0.1) is 0 Å². The molecule has 2 atom stereocenters. The van der Waals surface area contributed by atoms with Gasteiger partial charge in [-0.15, -0.1) is 11.8 Å². The van der Waals surface area contributed by atoms with Crippen LogP contribution in [0.1, 0.15) is 32.0 Å². The zero-order valence-electron chi connectivity index (χ0n) is 23.6. The number of fused-ring (bicyclic) bond motifs is 1. The average Bonchev–Trinajstić information content (AvgIpc) is 3.12. The Balaban J connectivity index is 1.56. The molecule has 0 bridgehead atoms. The zero-order valence-corrected chi connectivity index (χ0v) is 24.4. The quantitative estimate of drug-likeness (QED) is 0.323. The summed E-state index contributed by atoms with van der Waals surface area (Å²) in [7, 11) is 0. The van der Waals surface area contributed by atoms with E-state index in [1.165, 1.54) is 11.8 Å². The van der Waals surface area contributed by atoms with Crippen LogP contribution in [0.2, 0.25) is 0 Å². The topological polar surface area (TPSA) is 107 Å². The van der Waals surface area contributed by atoms with Crippen LogP contribution >= 0.6 is 11.8 Å². The molecule has 1 aromatic heterocycles. The Labute approximate surface area is 245 Å². The van der Waals surface area contributed by atoms with E-state index in [1.54, 1.807) is 18.0 Å². The zero-order chi connectivity index (χ0) is 29.2. The first-order chi connectivity index (χ1) is 19.9. The minimum Gasteiger partial charge on any atom is -0.344 e. The lowest BCUT2D eigenvalue weighted by atomic mass is 10.0. The fourth-order valence-corrected chi connectivity index (χ4v) is 5.25. The van der Waals surface area contributed by atoms with Crippen molar-refractivity contribution >= 4 is 40.9 Å². The molecule has 3 aromatic rings.